The highest BCUT2D eigenvalue weighted by atomic mass is 32.2. The molecule has 0 aromatic rings. The van der Waals surface area contributed by atoms with E-state index in [1.54, 1.807) is 4.31 Å². The van der Waals surface area contributed by atoms with Crippen LogP contribution in [0.3, 0.4) is 0 Å². The number of nitrogens with one attached hydrogen (secondary N) is 1. The van der Waals surface area contributed by atoms with E-state index in [2.05, 4.69) is 12.2 Å². The third kappa shape index (κ3) is 1.81. The lowest BCUT2D eigenvalue weighted by molar-refractivity contribution is 0.455. The van der Waals surface area contributed by atoms with E-state index in [-0.39, 0.29) is 5.25 Å². The van der Waals surface area contributed by atoms with E-state index in [9.17, 15) is 8.42 Å². The van der Waals surface area contributed by atoms with Gasteiger partial charge in [0.15, 0.2) is 0 Å². The van der Waals surface area contributed by atoms with Gasteiger partial charge in [0.2, 0.25) is 10.0 Å². The van der Waals surface area contributed by atoms with Crippen LogP contribution < -0.4 is 5.32 Å². The number of hydrogen-bond acceptors (Lipinski definition) is 3. The molecule has 2 aliphatic heterocycles. The summed E-state index contributed by atoms with van der Waals surface area (Å²) in [5, 5.41) is 2.93. The molecule has 0 aromatic carbocycles. The molecule has 2 unspecified atom stereocenters. The van der Waals surface area contributed by atoms with Gasteiger partial charge < -0.3 is 5.32 Å². The lowest BCUT2D eigenvalue weighted by Crippen LogP contribution is -2.38. The summed E-state index contributed by atoms with van der Waals surface area (Å²) in [5.41, 5.74) is 0. The van der Waals surface area contributed by atoms with Crippen LogP contribution in [0.4, 0.5) is 0 Å². The van der Waals surface area contributed by atoms with Crippen LogP contribution in [-0.4, -0.2) is 44.2 Å². The van der Waals surface area contributed by atoms with Crippen molar-refractivity contribution in [3.05, 3.63) is 0 Å². The molecule has 0 aliphatic carbocycles. The highest BCUT2D eigenvalue weighted by molar-refractivity contribution is 7.89. The summed E-state index contributed by atoms with van der Waals surface area (Å²) in [6.07, 6.45) is 1.78. The fourth-order valence-electron chi connectivity index (χ4n) is 2.22. The summed E-state index contributed by atoms with van der Waals surface area (Å²) in [5.74, 6) is 0.527. The molecule has 2 saturated heterocycles. The minimum atomic E-state index is -3.00. The average molecular weight is 218 g/mol. The molecule has 14 heavy (non-hydrogen) atoms. The van der Waals surface area contributed by atoms with Gasteiger partial charge in [-0.1, -0.05) is 6.92 Å². The molecule has 1 N–H and O–H groups in total. The molecular weight excluding hydrogens is 200 g/mol. The molecule has 2 fully saturated rings. The molecule has 0 amide bonds. The molecule has 2 rings (SSSR count). The van der Waals surface area contributed by atoms with E-state index < -0.39 is 10.0 Å². The first-order valence-corrected chi connectivity index (χ1v) is 6.80. The van der Waals surface area contributed by atoms with Crippen molar-refractivity contribution in [2.45, 2.75) is 25.0 Å². The maximum absolute atomic E-state index is 12.1. The molecule has 0 spiro atoms. The van der Waals surface area contributed by atoms with Crippen LogP contribution >= 0.6 is 0 Å². The van der Waals surface area contributed by atoms with Gasteiger partial charge >= 0.3 is 0 Å². The van der Waals surface area contributed by atoms with E-state index in [1.165, 1.54) is 0 Å². The fraction of sp³-hybridized carbons (Fsp3) is 1.00. The Morgan fingerprint density at radius 3 is 2.64 bits per heavy atom. The summed E-state index contributed by atoms with van der Waals surface area (Å²) in [6.45, 7) is 5.03. The second-order valence-electron chi connectivity index (χ2n) is 4.41. The number of sulfonamides is 1. The van der Waals surface area contributed by atoms with E-state index in [1.807, 2.05) is 0 Å². The number of hydrogen-bond donors (Lipinski definition) is 1. The third-order valence-corrected chi connectivity index (χ3v) is 5.48. The Bertz CT molecular complexity index is 296. The molecule has 0 aromatic heterocycles. The quantitative estimate of drug-likeness (QED) is 0.711. The van der Waals surface area contributed by atoms with Crippen LogP contribution in [0.1, 0.15) is 19.8 Å². The maximum Gasteiger partial charge on any atom is 0.218 e. The average Bonchev–Trinajstić information content (AvgIpc) is 2.72. The lowest BCUT2D eigenvalue weighted by atomic mass is 10.2. The molecule has 82 valence electrons. The highest BCUT2D eigenvalue weighted by Crippen LogP contribution is 2.23. The van der Waals surface area contributed by atoms with Gasteiger partial charge in [0, 0.05) is 19.6 Å². The van der Waals surface area contributed by atoms with Crippen LogP contribution in [0.15, 0.2) is 0 Å². The lowest BCUT2D eigenvalue weighted by Gasteiger charge is -2.20. The Balaban J connectivity index is 2.07. The second-order valence-corrected chi connectivity index (χ2v) is 6.62. The van der Waals surface area contributed by atoms with Crippen LogP contribution in [0.2, 0.25) is 0 Å². The van der Waals surface area contributed by atoms with Gasteiger partial charge in [-0.05, 0) is 25.3 Å². The van der Waals surface area contributed by atoms with Crippen molar-refractivity contribution in [3.8, 4) is 0 Å². The molecule has 2 heterocycles. The van der Waals surface area contributed by atoms with Crippen molar-refractivity contribution in [2.24, 2.45) is 5.92 Å². The molecule has 4 nitrogen and oxygen atoms in total. The minimum absolute atomic E-state index is 0.173. The first-order chi connectivity index (χ1) is 6.60. The van der Waals surface area contributed by atoms with Crippen molar-refractivity contribution in [1.82, 2.24) is 9.62 Å². The Morgan fingerprint density at radius 1 is 1.36 bits per heavy atom. The van der Waals surface area contributed by atoms with Crippen molar-refractivity contribution in [1.29, 1.82) is 0 Å². The van der Waals surface area contributed by atoms with Gasteiger partial charge in [0.25, 0.3) is 0 Å². The SMILES string of the molecule is CC1CCN(S(=O)(=O)C2CCNC2)C1. The fourth-order valence-corrected chi connectivity index (χ4v) is 4.21. The second kappa shape index (κ2) is 3.79. The van der Waals surface area contributed by atoms with Gasteiger partial charge in [-0.15, -0.1) is 0 Å². The maximum atomic E-state index is 12.1. The van der Waals surface area contributed by atoms with Crippen LogP contribution in [-0.2, 0) is 10.0 Å². The van der Waals surface area contributed by atoms with Crippen molar-refractivity contribution in [2.75, 3.05) is 26.2 Å². The van der Waals surface area contributed by atoms with Gasteiger partial charge in [-0.25, -0.2) is 12.7 Å². The predicted octanol–water partition coefficient (Wildman–Crippen LogP) is 0.0199. The first-order valence-electron chi connectivity index (χ1n) is 5.30. The number of rotatable bonds is 2. The molecule has 0 radical (unpaired) electrons. The molecule has 0 saturated carbocycles. The highest BCUT2D eigenvalue weighted by Gasteiger charge is 2.36. The minimum Gasteiger partial charge on any atom is -0.315 e. The zero-order valence-electron chi connectivity index (χ0n) is 8.57. The van der Waals surface area contributed by atoms with Crippen LogP contribution in [0.5, 0.6) is 0 Å². The van der Waals surface area contributed by atoms with Gasteiger partial charge in [-0.2, -0.15) is 0 Å². The first kappa shape index (κ1) is 10.4. The van der Waals surface area contributed by atoms with E-state index in [0.29, 0.717) is 12.5 Å². The molecule has 5 heteroatoms. The summed E-state index contributed by atoms with van der Waals surface area (Å²) < 4.78 is 25.8. The van der Waals surface area contributed by atoms with Gasteiger partial charge in [0.1, 0.15) is 0 Å². The normalized spacial score (nSPS) is 35.2. The molecule has 0 bridgehead atoms. The summed E-state index contributed by atoms with van der Waals surface area (Å²) in [4.78, 5) is 0. The van der Waals surface area contributed by atoms with Crippen molar-refractivity contribution < 1.29 is 8.42 Å². The van der Waals surface area contributed by atoms with Gasteiger partial charge in [-0.3, -0.25) is 0 Å². The Morgan fingerprint density at radius 2 is 2.14 bits per heavy atom. The smallest absolute Gasteiger partial charge is 0.218 e. The topological polar surface area (TPSA) is 49.4 Å². The summed E-state index contributed by atoms with van der Waals surface area (Å²) >= 11 is 0. The monoisotopic (exact) mass is 218 g/mol. The standard InChI is InChI=1S/C9H18N2O2S/c1-8-3-5-11(7-8)14(12,13)9-2-4-10-6-9/h8-10H,2-7H2,1H3. The van der Waals surface area contributed by atoms with E-state index in [4.69, 9.17) is 0 Å². The van der Waals surface area contributed by atoms with E-state index in [0.717, 1.165) is 32.5 Å². The predicted molar refractivity (Wildman–Crippen MR) is 55.5 cm³/mol. The molecule has 2 atom stereocenters. The summed E-state index contributed by atoms with van der Waals surface area (Å²) in [7, 11) is -3.00. The van der Waals surface area contributed by atoms with Crippen molar-refractivity contribution >= 4 is 10.0 Å². The number of nitrogens with zero attached hydrogens (tertiary/aromatic N) is 1. The van der Waals surface area contributed by atoms with Gasteiger partial charge in [0.05, 0.1) is 5.25 Å². The third-order valence-electron chi connectivity index (χ3n) is 3.18. The Hall–Kier alpha value is -0.130. The Kier molecular flexibility index (Phi) is 2.81. The largest absolute Gasteiger partial charge is 0.315 e. The van der Waals surface area contributed by atoms with E-state index >= 15 is 0 Å². The molecular formula is C9H18N2O2S. The molecule has 2 aliphatic rings. The van der Waals surface area contributed by atoms with Crippen molar-refractivity contribution in [3.63, 3.8) is 0 Å². The zero-order chi connectivity index (χ0) is 10.2. The summed E-state index contributed by atoms with van der Waals surface area (Å²) in [6, 6.07) is 0. The van der Waals surface area contributed by atoms with Crippen LogP contribution in [0, 0.1) is 5.92 Å². The Labute approximate surface area is 85.7 Å². The van der Waals surface area contributed by atoms with Crippen LogP contribution in [0.25, 0.3) is 0 Å². The zero-order valence-corrected chi connectivity index (χ0v) is 9.39.